The normalized spacial score (nSPS) is 17.6. The summed E-state index contributed by atoms with van der Waals surface area (Å²) in [6.07, 6.45) is 3.71. The average molecular weight is 792 g/mol. The second kappa shape index (κ2) is 13.2. The summed E-state index contributed by atoms with van der Waals surface area (Å²) in [4.78, 5) is 6.66. The zero-order chi connectivity index (χ0) is 39.1. The van der Waals surface area contributed by atoms with Crippen LogP contribution < -0.4 is 15.9 Å². The Morgan fingerprint density at radius 3 is 1.85 bits per heavy atom. The van der Waals surface area contributed by atoms with Gasteiger partial charge in [-0.05, 0) is 116 Å². The molecule has 12 rings (SSSR count). The van der Waals surface area contributed by atoms with Crippen LogP contribution in [0.25, 0.3) is 55.3 Å². The van der Waals surface area contributed by atoms with Crippen molar-refractivity contribution in [2.75, 3.05) is 0 Å². The van der Waals surface area contributed by atoms with Gasteiger partial charge in [0, 0.05) is 48.9 Å². The lowest BCUT2D eigenvalue weighted by Crippen LogP contribution is -2.48. The summed E-state index contributed by atoms with van der Waals surface area (Å²) in [6.45, 7) is 0. The molecule has 0 saturated carbocycles. The van der Waals surface area contributed by atoms with Gasteiger partial charge in [0.1, 0.15) is 11.2 Å². The van der Waals surface area contributed by atoms with E-state index in [9.17, 15) is 0 Å². The van der Waals surface area contributed by atoms with E-state index in [4.69, 9.17) is 4.42 Å². The molecule has 2 atom stereocenters. The molecule has 0 N–H and O–H groups in total. The van der Waals surface area contributed by atoms with Crippen LogP contribution in [0.3, 0.4) is 0 Å². The van der Waals surface area contributed by atoms with Gasteiger partial charge in [-0.15, -0.1) is 0 Å². The van der Waals surface area contributed by atoms with Gasteiger partial charge in [0.15, 0.2) is 7.14 Å². The molecule has 0 amide bonds. The standard InChI is InChI=1S/C54H34NO2PS/c56-58(41-15-5-2-6-16-41)50-21-11-8-18-44(50)54(47-33-43-42-17-7-10-20-48(42)57-49(43)34-51(47)58)45-19-9-12-22-52(45)59-53-32-37(23-24-46(53)54)40-30-38(35-13-3-1-4-14-35)29-39(31-40)36-25-27-55-28-26-36/h1-34H. The first-order valence-corrected chi connectivity index (χ1v) is 22.4. The third-order valence-corrected chi connectivity index (χ3v) is 16.6. The number of rotatable bonds is 4. The maximum absolute atomic E-state index is 16.5. The lowest BCUT2D eigenvalue weighted by molar-refractivity contribution is 0.589. The van der Waals surface area contributed by atoms with Crippen LogP contribution in [-0.4, -0.2) is 4.98 Å². The summed E-state index contributed by atoms with van der Waals surface area (Å²) < 4.78 is 23.0. The first-order valence-electron chi connectivity index (χ1n) is 19.9. The highest BCUT2D eigenvalue weighted by Gasteiger charge is 2.54. The number of benzene rings is 8. The van der Waals surface area contributed by atoms with E-state index in [2.05, 4.69) is 151 Å². The first-order chi connectivity index (χ1) is 29.1. The molecule has 0 bridgehead atoms. The van der Waals surface area contributed by atoms with Crippen LogP contribution in [0.5, 0.6) is 0 Å². The van der Waals surface area contributed by atoms with Crippen LogP contribution in [-0.2, 0) is 9.98 Å². The third kappa shape index (κ3) is 5.04. The van der Waals surface area contributed by atoms with Gasteiger partial charge < -0.3 is 8.98 Å². The molecule has 0 aliphatic carbocycles. The van der Waals surface area contributed by atoms with Crippen LogP contribution in [0.1, 0.15) is 22.3 Å². The van der Waals surface area contributed by atoms with Crippen LogP contribution in [0.4, 0.5) is 0 Å². The van der Waals surface area contributed by atoms with Gasteiger partial charge in [-0.1, -0.05) is 145 Å². The monoisotopic (exact) mass is 791 g/mol. The summed E-state index contributed by atoms with van der Waals surface area (Å²) >= 11 is 1.82. The van der Waals surface area contributed by atoms with Gasteiger partial charge in [0.25, 0.3) is 0 Å². The quantitative estimate of drug-likeness (QED) is 0.167. The fourth-order valence-electron chi connectivity index (χ4n) is 9.69. The molecular weight excluding hydrogens is 758 g/mol. The molecule has 3 nitrogen and oxygen atoms in total. The molecule has 2 aliphatic rings. The van der Waals surface area contributed by atoms with E-state index >= 15 is 4.57 Å². The van der Waals surface area contributed by atoms with Crippen LogP contribution in [0, 0.1) is 0 Å². The minimum absolute atomic E-state index is 0.743. The number of aromatic nitrogens is 1. The number of hydrogen-bond donors (Lipinski definition) is 0. The smallest absolute Gasteiger partial charge is 0.171 e. The Hall–Kier alpha value is -6.71. The largest absolute Gasteiger partial charge is 0.456 e. The van der Waals surface area contributed by atoms with E-state index in [1.807, 2.05) is 72.7 Å². The summed E-state index contributed by atoms with van der Waals surface area (Å²) in [5, 5.41) is 4.57. The van der Waals surface area contributed by atoms with Crippen molar-refractivity contribution in [3.8, 4) is 33.4 Å². The summed E-state index contributed by atoms with van der Waals surface area (Å²) in [7, 11) is -3.41. The zero-order valence-corrected chi connectivity index (χ0v) is 33.5. The number of nitrogens with zero attached hydrogens (tertiary/aromatic N) is 1. The summed E-state index contributed by atoms with van der Waals surface area (Å²) in [5.74, 6) is 0. The first kappa shape index (κ1) is 34.3. The van der Waals surface area contributed by atoms with E-state index in [0.29, 0.717) is 0 Å². The van der Waals surface area contributed by atoms with Crippen LogP contribution in [0.2, 0.25) is 0 Å². The molecule has 2 aliphatic heterocycles. The maximum Gasteiger partial charge on any atom is 0.171 e. The zero-order valence-electron chi connectivity index (χ0n) is 31.7. The number of furan rings is 1. The van der Waals surface area contributed by atoms with Crippen LogP contribution in [0.15, 0.2) is 221 Å². The molecule has 8 aromatic carbocycles. The topological polar surface area (TPSA) is 43.1 Å². The Morgan fingerprint density at radius 1 is 0.424 bits per heavy atom. The van der Waals surface area contributed by atoms with Crippen molar-refractivity contribution >= 4 is 56.8 Å². The second-order valence-electron chi connectivity index (χ2n) is 15.4. The van der Waals surface area contributed by atoms with Crippen LogP contribution >= 0.6 is 18.9 Å². The van der Waals surface area contributed by atoms with Gasteiger partial charge in [-0.2, -0.15) is 0 Å². The molecule has 59 heavy (non-hydrogen) atoms. The fraction of sp³-hybridized carbons (Fsp3) is 0.0185. The highest BCUT2D eigenvalue weighted by molar-refractivity contribution is 7.99. The molecule has 0 fully saturated rings. The van der Waals surface area contributed by atoms with Crippen molar-refractivity contribution in [1.82, 2.24) is 4.98 Å². The predicted molar refractivity (Wildman–Crippen MR) is 243 cm³/mol. The third-order valence-electron chi connectivity index (χ3n) is 12.3. The van der Waals surface area contributed by atoms with E-state index in [1.165, 1.54) is 26.5 Å². The molecule has 10 aromatic rings. The molecule has 1 spiro atoms. The highest BCUT2D eigenvalue weighted by Crippen LogP contribution is 2.62. The van der Waals surface area contributed by atoms with E-state index in [-0.39, 0.29) is 0 Å². The van der Waals surface area contributed by atoms with Crippen molar-refractivity contribution in [1.29, 1.82) is 0 Å². The van der Waals surface area contributed by atoms with Gasteiger partial charge in [0.05, 0.1) is 5.41 Å². The summed E-state index contributed by atoms with van der Waals surface area (Å²) in [5.41, 5.74) is 12.1. The van der Waals surface area contributed by atoms with Gasteiger partial charge in [-0.3, -0.25) is 4.98 Å². The molecule has 0 saturated heterocycles. The number of para-hydroxylation sites is 1. The SMILES string of the molecule is O=P1(c2ccccc2)c2ccccc2C2(c3ccccc3Sc3cc(-c4cc(-c5ccccc5)cc(-c5ccncc5)c4)ccc32)c2cc3c(cc21)oc1ccccc13. The molecule has 0 radical (unpaired) electrons. The van der Waals surface area contributed by atoms with Crippen molar-refractivity contribution in [2.24, 2.45) is 0 Å². The van der Waals surface area contributed by atoms with Gasteiger partial charge in [0.2, 0.25) is 0 Å². The molecule has 5 heteroatoms. The highest BCUT2D eigenvalue weighted by atomic mass is 32.2. The maximum atomic E-state index is 16.5. The van der Waals surface area contributed by atoms with E-state index in [0.717, 1.165) is 76.8 Å². The summed E-state index contributed by atoms with van der Waals surface area (Å²) in [6, 6.07) is 68.6. The number of pyridine rings is 1. The minimum atomic E-state index is -3.41. The average Bonchev–Trinajstić information content (AvgIpc) is 3.68. The van der Waals surface area contributed by atoms with Gasteiger partial charge >= 0.3 is 0 Å². The Kier molecular flexibility index (Phi) is 7.66. The second-order valence-corrected chi connectivity index (χ2v) is 19.2. The van der Waals surface area contributed by atoms with Crippen molar-refractivity contribution < 1.29 is 8.98 Å². The Morgan fingerprint density at radius 2 is 1.05 bits per heavy atom. The Bertz CT molecular complexity index is 3280. The van der Waals surface area contributed by atoms with E-state index < -0.39 is 12.6 Å². The lowest BCUT2D eigenvalue weighted by atomic mass is 9.64. The minimum Gasteiger partial charge on any atom is -0.456 e. The van der Waals surface area contributed by atoms with Crippen molar-refractivity contribution in [2.45, 2.75) is 15.2 Å². The van der Waals surface area contributed by atoms with E-state index in [1.54, 1.807) is 0 Å². The Labute approximate surface area is 346 Å². The number of fused-ring (bicyclic) bond motifs is 11. The molecule has 4 heterocycles. The lowest BCUT2D eigenvalue weighted by Gasteiger charge is -2.47. The molecule has 2 unspecified atom stereocenters. The van der Waals surface area contributed by atoms with Gasteiger partial charge in [-0.25, -0.2) is 0 Å². The number of hydrogen-bond acceptors (Lipinski definition) is 4. The molecular formula is C54H34NO2PS. The Balaban J connectivity index is 1.17. The fourth-order valence-corrected chi connectivity index (χ4v) is 14.1. The molecule has 278 valence electrons. The predicted octanol–water partition coefficient (Wildman–Crippen LogP) is 12.8. The van der Waals surface area contributed by atoms with Crippen molar-refractivity contribution in [3.05, 3.63) is 229 Å². The van der Waals surface area contributed by atoms with Crippen molar-refractivity contribution in [3.63, 3.8) is 0 Å². The molecule has 2 aromatic heterocycles.